The van der Waals surface area contributed by atoms with Crippen molar-refractivity contribution in [2.45, 2.75) is 25.9 Å². The molecule has 0 N–H and O–H groups in total. The van der Waals surface area contributed by atoms with E-state index in [0.29, 0.717) is 14.2 Å². The Hall–Kier alpha value is 0.877. The molecule has 0 heterocycles. The van der Waals surface area contributed by atoms with Crippen LogP contribution >= 0.6 is 40.4 Å². The molecule has 0 saturated heterocycles. The van der Waals surface area contributed by atoms with Crippen molar-refractivity contribution in [1.82, 2.24) is 0 Å². The molecule has 5 heteroatoms. The van der Waals surface area contributed by atoms with Crippen LogP contribution in [0.25, 0.3) is 0 Å². The summed E-state index contributed by atoms with van der Waals surface area (Å²) in [5, 5.41) is 0. The van der Waals surface area contributed by atoms with E-state index in [0.717, 1.165) is 20.9 Å². The summed E-state index contributed by atoms with van der Waals surface area (Å²) in [6.45, 7) is 4.22. The smallest absolute Gasteiger partial charge is 0.183 e. The third kappa shape index (κ3) is 4.63. The summed E-state index contributed by atoms with van der Waals surface area (Å²) < 4.78 is 1.75. The number of halogens is 2. The van der Waals surface area contributed by atoms with E-state index in [-0.39, 0.29) is 24.4 Å². The van der Waals surface area contributed by atoms with Gasteiger partial charge >= 0.3 is 0 Å². The van der Waals surface area contributed by atoms with Crippen LogP contribution in [0.1, 0.15) is 30.6 Å². The third-order valence-electron chi connectivity index (χ3n) is 2.18. The van der Waals surface area contributed by atoms with Crippen molar-refractivity contribution in [1.29, 1.82) is 0 Å². The average Bonchev–Trinajstić information content (AvgIpc) is 2.17. The van der Waals surface area contributed by atoms with E-state index in [4.69, 9.17) is 0 Å². The molecule has 1 radical (unpaired) electrons. The molecule has 0 bridgehead atoms. The molecule has 1 rings (SSSR count). The van der Waals surface area contributed by atoms with E-state index in [1.165, 1.54) is 0 Å². The zero-order chi connectivity index (χ0) is 11.4. The standard InChI is InChI=1S/C11H13Br2OP.Li/c1-3-7(2)15-11(14)10-8(12)5-4-6-9(10)13;/h4-7,15H,3H2,1-2H3;. The van der Waals surface area contributed by atoms with Gasteiger partial charge in [0.15, 0.2) is 5.52 Å². The first-order chi connectivity index (χ1) is 7.06. The van der Waals surface area contributed by atoms with Gasteiger partial charge in [-0.05, 0) is 64.7 Å². The Labute approximate surface area is 127 Å². The van der Waals surface area contributed by atoms with Crippen LogP contribution in [0, 0.1) is 0 Å². The fraction of sp³-hybridized carbons (Fsp3) is 0.364. The number of carbonyl (C=O) groups is 1. The van der Waals surface area contributed by atoms with Crippen LogP contribution in [-0.2, 0) is 0 Å². The van der Waals surface area contributed by atoms with Gasteiger partial charge in [-0.3, -0.25) is 4.79 Å². The summed E-state index contributed by atoms with van der Waals surface area (Å²) in [5.74, 6) is 0. The predicted molar refractivity (Wildman–Crippen MR) is 80.0 cm³/mol. The van der Waals surface area contributed by atoms with Gasteiger partial charge in [-0.15, -0.1) is 0 Å². The molecule has 83 valence electrons. The normalized spacial score (nSPS) is 12.5. The Kier molecular flexibility index (Phi) is 8.50. The Bertz CT molecular complexity index is 351. The van der Waals surface area contributed by atoms with Crippen LogP contribution in [-0.4, -0.2) is 30.0 Å². The van der Waals surface area contributed by atoms with Gasteiger partial charge in [0.1, 0.15) is 0 Å². The largest absolute Gasteiger partial charge is 0.289 e. The van der Waals surface area contributed by atoms with E-state index < -0.39 is 0 Å². The topological polar surface area (TPSA) is 17.1 Å². The van der Waals surface area contributed by atoms with Gasteiger partial charge in [0, 0.05) is 27.8 Å². The summed E-state index contributed by atoms with van der Waals surface area (Å²) in [4.78, 5) is 12.0. The van der Waals surface area contributed by atoms with E-state index in [1.54, 1.807) is 0 Å². The first-order valence-corrected chi connectivity index (χ1v) is 7.47. The zero-order valence-electron chi connectivity index (χ0n) is 9.68. The van der Waals surface area contributed by atoms with E-state index >= 15 is 0 Å². The number of benzene rings is 1. The molecule has 1 aromatic rings. The molecule has 2 atom stereocenters. The molecule has 0 aliphatic carbocycles. The minimum atomic E-state index is 0. The molecular formula is C11H13Br2LiOP. The van der Waals surface area contributed by atoms with Crippen molar-refractivity contribution in [3.63, 3.8) is 0 Å². The van der Waals surface area contributed by atoms with Crippen LogP contribution < -0.4 is 0 Å². The molecular weight excluding hydrogens is 346 g/mol. The third-order valence-corrected chi connectivity index (χ3v) is 4.91. The van der Waals surface area contributed by atoms with Gasteiger partial charge in [-0.25, -0.2) is 0 Å². The van der Waals surface area contributed by atoms with Crippen LogP contribution in [0.15, 0.2) is 27.1 Å². The maximum Gasteiger partial charge on any atom is 0.183 e. The molecule has 0 fully saturated rings. The maximum atomic E-state index is 12.0. The van der Waals surface area contributed by atoms with Gasteiger partial charge in [-0.1, -0.05) is 19.9 Å². The quantitative estimate of drug-likeness (QED) is 0.574. The van der Waals surface area contributed by atoms with Gasteiger partial charge in [0.2, 0.25) is 0 Å². The number of rotatable bonds is 4. The Balaban J connectivity index is 0.00000225. The minimum absolute atomic E-state index is 0. The second kappa shape index (κ2) is 8.06. The average molecular weight is 359 g/mol. The summed E-state index contributed by atoms with van der Waals surface area (Å²) >= 11 is 6.83. The number of hydrogen-bond donors (Lipinski definition) is 0. The first kappa shape index (κ1) is 16.9. The fourth-order valence-electron chi connectivity index (χ4n) is 1.11. The van der Waals surface area contributed by atoms with Crippen molar-refractivity contribution in [3.8, 4) is 0 Å². The molecule has 0 aliphatic heterocycles. The van der Waals surface area contributed by atoms with Crippen LogP contribution in [0.2, 0.25) is 0 Å². The maximum absolute atomic E-state index is 12.0. The summed E-state index contributed by atoms with van der Waals surface area (Å²) in [5.41, 5.74) is 1.47. The van der Waals surface area contributed by atoms with Gasteiger partial charge in [0.25, 0.3) is 0 Å². The molecule has 2 unspecified atom stereocenters. The molecule has 0 amide bonds. The summed E-state index contributed by atoms with van der Waals surface area (Å²) in [6.07, 6.45) is 1.05. The molecule has 1 nitrogen and oxygen atoms in total. The van der Waals surface area contributed by atoms with Gasteiger partial charge in [0.05, 0.1) is 5.56 Å². The summed E-state index contributed by atoms with van der Waals surface area (Å²) in [7, 11) is 0.351. The molecule has 0 aliphatic rings. The van der Waals surface area contributed by atoms with Crippen molar-refractivity contribution < 1.29 is 4.79 Å². The van der Waals surface area contributed by atoms with E-state index in [9.17, 15) is 4.79 Å². The molecule has 0 spiro atoms. The van der Waals surface area contributed by atoms with Crippen LogP contribution in [0.5, 0.6) is 0 Å². The molecule has 1 aromatic carbocycles. The SMILES string of the molecule is CCC(C)PC(=O)c1c(Br)cccc1Br.[Li]. The molecule has 16 heavy (non-hydrogen) atoms. The number of hydrogen-bond acceptors (Lipinski definition) is 1. The second-order valence-corrected chi connectivity index (χ2v) is 6.82. The molecule has 0 aromatic heterocycles. The van der Waals surface area contributed by atoms with Crippen molar-refractivity contribution in [2.75, 3.05) is 0 Å². The van der Waals surface area contributed by atoms with E-state index in [1.807, 2.05) is 18.2 Å². The second-order valence-electron chi connectivity index (χ2n) is 3.38. The van der Waals surface area contributed by atoms with Crippen molar-refractivity contribution in [3.05, 3.63) is 32.7 Å². The van der Waals surface area contributed by atoms with E-state index in [2.05, 4.69) is 45.7 Å². The van der Waals surface area contributed by atoms with Crippen molar-refractivity contribution in [2.24, 2.45) is 0 Å². The van der Waals surface area contributed by atoms with Gasteiger partial charge in [-0.2, -0.15) is 0 Å². The minimum Gasteiger partial charge on any atom is -0.289 e. The number of carbonyl (C=O) groups excluding carboxylic acids is 1. The Morgan fingerprint density at radius 2 is 1.88 bits per heavy atom. The van der Waals surface area contributed by atoms with Gasteiger partial charge < -0.3 is 0 Å². The zero-order valence-corrected chi connectivity index (χ0v) is 13.9. The van der Waals surface area contributed by atoms with Crippen LogP contribution in [0.4, 0.5) is 0 Å². The predicted octanol–water partition coefficient (Wildman–Crippen LogP) is 4.45. The van der Waals surface area contributed by atoms with Crippen molar-refractivity contribution >= 4 is 64.8 Å². The first-order valence-electron chi connectivity index (χ1n) is 4.81. The Morgan fingerprint density at radius 1 is 1.38 bits per heavy atom. The van der Waals surface area contributed by atoms with Crippen LogP contribution in [0.3, 0.4) is 0 Å². The monoisotopic (exact) mass is 357 g/mol. The summed E-state index contributed by atoms with van der Waals surface area (Å²) in [6, 6.07) is 5.72. The fourth-order valence-corrected chi connectivity index (χ4v) is 3.90. The Morgan fingerprint density at radius 3 is 2.31 bits per heavy atom. The molecule has 0 saturated carbocycles.